The molecule has 0 saturated carbocycles. The van der Waals surface area contributed by atoms with Crippen molar-refractivity contribution in [2.45, 2.75) is 6.18 Å². The van der Waals surface area contributed by atoms with Crippen LogP contribution < -0.4 is 0 Å². The summed E-state index contributed by atoms with van der Waals surface area (Å²) in [6.07, 6.45) is -4.89. The maximum absolute atomic E-state index is 10.9. The fraction of sp³-hybridized carbons (Fsp3) is 0.500. The monoisotopic (exact) mass is 217 g/mol. The van der Waals surface area contributed by atoms with E-state index < -0.39 is 10.9 Å². The molecule has 0 amide bonds. The van der Waals surface area contributed by atoms with Crippen LogP contribution in [0.4, 0.5) is 17.6 Å². The predicted molar refractivity (Wildman–Crippen MR) is 12.2 cm³/mol. The first-order valence-corrected chi connectivity index (χ1v) is 1.69. The number of hydrogen-bond donors (Lipinski definition) is 0. The Balaban J connectivity index is 0. The zero-order valence-electron chi connectivity index (χ0n) is 3.16. The van der Waals surface area contributed by atoms with Gasteiger partial charge in [-0.05, 0) is 0 Å². The minimum Gasteiger partial charge on any atom is 0 e. The standard InChI is InChI=1S/C2F4.Co.Ni/c3-1-2(4,5)6;;. The van der Waals surface area contributed by atoms with E-state index in [0.29, 0.717) is 0 Å². The Hall–Kier alpha value is 0.590. The van der Waals surface area contributed by atoms with Crippen molar-refractivity contribution in [1.82, 2.24) is 0 Å². The van der Waals surface area contributed by atoms with E-state index in [4.69, 9.17) is 0 Å². The summed E-state index contributed by atoms with van der Waals surface area (Å²) in [7, 11) is 0. The zero-order valence-corrected chi connectivity index (χ0v) is 5.19. The van der Waals surface area contributed by atoms with Gasteiger partial charge in [0.25, 0.3) is 0 Å². The minimum absolute atomic E-state index is 0. The van der Waals surface area contributed by atoms with Crippen molar-refractivity contribution < 1.29 is 49.4 Å². The molecule has 0 aliphatic rings. The molecule has 0 radical (unpaired) electrons. The van der Waals surface area contributed by atoms with Gasteiger partial charge in [0.15, 0.2) is 0 Å². The molecule has 6 heteroatoms. The largest absolute Gasteiger partial charge is 0 e. The molecule has 0 aromatic rings. The van der Waals surface area contributed by atoms with Crippen LogP contribution in [-0.2, 0) is 31.8 Å². The van der Waals surface area contributed by atoms with E-state index in [1.807, 2.05) is 0 Å². The van der Waals surface area contributed by atoms with Crippen LogP contribution in [-0.4, -0.2) is 10.9 Å². The second kappa shape index (κ2) is 3.58. The summed E-state index contributed by atoms with van der Waals surface area (Å²) < 4.78 is 40.6. The van der Waals surface area contributed by atoms with E-state index in [1.54, 1.807) is 0 Å². The second-order valence-electron chi connectivity index (χ2n) is 0.739. The normalized spacial score (nSPS) is 10.1. The van der Waals surface area contributed by atoms with Crippen LogP contribution in [0.25, 0.3) is 0 Å². The average Bonchev–Trinajstić information content (AvgIpc) is 1.31. The Bertz CT molecular complexity index is 86.5. The fourth-order valence-corrected chi connectivity index (χ4v) is 0. The van der Waals surface area contributed by atoms with Crippen LogP contribution in [0.5, 0.6) is 0 Å². The maximum Gasteiger partial charge on any atom is 0 e. The van der Waals surface area contributed by atoms with Crippen molar-refractivity contribution in [2.24, 2.45) is 0 Å². The summed E-state index contributed by atoms with van der Waals surface area (Å²) in [5.41, 5.74) is 0. The SMILES string of the molecule is F[C](=[Co])C(F)(F)F.[Ni]. The van der Waals surface area contributed by atoms with Crippen LogP contribution in [0, 0.1) is 0 Å². The summed E-state index contributed by atoms with van der Waals surface area (Å²) in [6.45, 7) is 0. The molecule has 0 unspecified atom stereocenters. The first-order chi connectivity index (χ1) is 2.94. The van der Waals surface area contributed by atoms with Gasteiger partial charge in [-0.15, -0.1) is 0 Å². The Labute approximate surface area is 60.7 Å². The van der Waals surface area contributed by atoms with Gasteiger partial charge in [-0.25, -0.2) is 0 Å². The molecule has 0 aromatic carbocycles. The Morgan fingerprint density at radius 1 is 1.25 bits per heavy atom. The Morgan fingerprint density at radius 3 is 1.38 bits per heavy atom. The maximum atomic E-state index is 10.9. The first kappa shape index (κ1) is 11.4. The van der Waals surface area contributed by atoms with Crippen LogP contribution in [0.2, 0.25) is 0 Å². The van der Waals surface area contributed by atoms with Crippen molar-refractivity contribution in [3.05, 3.63) is 0 Å². The van der Waals surface area contributed by atoms with E-state index in [2.05, 4.69) is 15.3 Å². The third-order valence-corrected chi connectivity index (χ3v) is 0.497. The Kier molecular flexibility index (Phi) is 5.10. The summed E-state index contributed by atoms with van der Waals surface area (Å²) in [5.74, 6) is 0. The van der Waals surface area contributed by atoms with E-state index >= 15 is 0 Å². The molecule has 0 nitrogen and oxygen atoms in total. The molecule has 0 spiro atoms. The average molecular weight is 218 g/mol. The quantitative estimate of drug-likeness (QED) is 0.423. The van der Waals surface area contributed by atoms with Crippen molar-refractivity contribution >= 4 is 4.71 Å². The van der Waals surface area contributed by atoms with Gasteiger partial charge in [-0.3, -0.25) is 0 Å². The van der Waals surface area contributed by atoms with E-state index in [0.717, 1.165) is 0 Å². The smallest absolute Gasteiger partial charge is 0 e. The molecule has 0 aliphatic carbocycles. The topological polar surface area (TPSA) is 0 Å². The molecule has 0 atom stereocenters. The van der Waals surface area contributed by atoms with E-state index in [1.165, 1.54) is 0 Å². The molecule has 0 fully saturated rings. The Morgan fingerprint density at radius 2 is 1.38 bits per heavy atom. The molecule has 0 N–H and O–H groups in total. The minimum atomic E-state index is -4.89. The molecular formula is C2CoF4Ni. The van der Waals surface area contributed by atoms with Crippen molar-refractivity contribution in [1.29, 1.82) is 0 Å². The van der Waals surface area contributed by atoms with E-state index in [-0.39, 0.29) is 16.5 Å². The van der Waals surface area contributed by atoms with Gasteiger partial charge in [0.2, 0.25) is 0 Å². The van der Waals surface area contributed by atoms with Crippen LogP contribution in [0.1, 0.15) is 0 Å². The van der Waals surface area contributed by atoms with Crippen LogP contribution in [0.15, 0.2) is 0 Å². The fourth-order valence-electron chi connectivity index (χ4n) is 0. The molecule has 0 saturated heterocycles. The molecule has 0 aliphatic heterocycles. The van der Waals surface area contributed by atoms with Gasteiger partial charge in [0, 0.05) is 16.5 Å². The van der Waals surface area contributed by atoms with E-state index in [9.17, 15) is 17.6 Å². The zero-order chi connectivity index (χ0) is 6.08. The third-order valence-electron chi connectivity index (χ3n) is 0.202. The van der Waals surface area contributed by atoms with Gasteiger partial charge in [0.1, 0.15) is 0 Å². The third kappa shape index (κ3) is 4.74. The molecule has 0 aromatic heterocycles. The van der Waals surface area contributed by atoms with Crippen molar-refractivity contribution in [3.63, 3.8) is 0 Å². The molecule has 0 bridgehead atoms. The number of halogens is 4. The van der Waals surface area contributed by atoms with Gasteiger partial charge < -0.3 is 0 Å². The van der Waals surface area contributed by atoms with Gasteiger partial charge in [0.05, 0.1) is 0 Å². The van der Waals surface area contributed by atoms with Gasteiger partial charge in [-0.2, -0.15) is 0 Å². The molecular weight excluding hydrogens is 218 g/mol. The summed E-state index contributed by atoms with van der Waals surface area (Å²) in [5, 5.41) is 0. The van der Waals surface area contributed by atoms with Gasteiger partial charge >= 0.3 is 43.7 Å². The molecule has 0 rings (SSSR count). The van der Waals surface area contributed by atoms with Gasteiger partial charge in [-0.1, -0.05) is 0 Å². The summed E-state index contributed by atoms with van der Waals surface area (Å²) in [4.78, 5) is 0. The number of hydrogen-bond acceptors (Lipinski definition) is 0. The summed E-state index contributed by atoms with van der Waals surface area (Å²) >= 11 is 2.45. The predicted octanol–water partition coefficient (Wildman–Crippen LogP) is 1.19. The van der Waals surface area contributed by atoms with Crippen LogP contribution >= 0.6 is 0 Å². The summed E-state index contributed by atoms with van der Waals surface area (Å²) in [6, 6.07) is 0. The first-order valence-electron chi connectivity index (χ1n) is 1.17. The van der Waals surface area contributed by atoms with Crippen molar-refractivity contribution in [3.8, 4) is 0 Å². The second-order valence-corrected chi connectivity index (χ2v) is 1.20. The molecule has 8 heavy (non-hydrogen) atoms. The molecule has 55 valence electrons. The number of rotatable bonds is 0. The molecule has 0 heterocycles. The van der Waals surface area contributed by atoms with Crippen LogP contribution in [0.3, 0.4) is 0 Å². The number of alkyl halides is 3. The van der Waals surface area contributed by atoms with Crippen molar-refractivity contribution in [2.75, 3.05) is 0 Å².